The predicted octanol–water partition coefficient (Wildman–Crippen LogP) is 9.76. The van der Waals surface area contributed by atoms with E-state index in [1.54, 1.807) is 0 Å². The Morgan fingerprint density at radius 3 is 1.79 bits per heavy atom. The van der Waals surface area contributed by atoms with E-state index in [1.165, 1.54) is 64.0 Å². The Morgan fingerprint density at radius 1 is 0.515 bits per heavy atom. The molecule has 0 bridgehead atoms. The van der Waals surface area contributed by atoms with E-state index in [1.807, 2.05) is 11.3 Å². The van der Waals surface area contributed by atoms with Crippen molar-refractivity contribution in [3.63, 3.8) is 0 Å². The van der Waals surface area contributed by atoms with Gasteiger partial charge in [-0.15, -0.1) is 11.3 Å². The first-order chi connectivity index (χ1) is 16.4. The van der Waals surface area contributed by atoms with Crippen molar-refractivity contribution in [2.45, 2.75) is 12.8 Å². The van der Waals surface area contributed by atoms with Gasteiger partial charge in [0, 0.05) is 20.2 Å². The smallest absolute Gasteiger partial charge is 0.0361 e. The molecule has 5 aromatic carbocycles. The van der Waals surface area contributed by atoms with E-state index in [0.717, 1.165) is 12.8 Å². The molecule has 0 saturated heterocycles. The summed E-state index contributed by atoms with van der Waals surface area (Å²) in [5.74, 6) is 0. The van der Waals surface area contributed by atoms with Crippen molar-refractivity contribution >= 4 is 58.6 Å². The van der Waals surface area contributed by atoms with Gasteiger partial charge >= 0.3 is 0 Å². The van der Waals surface area contributed by atoms with E-state index in [0.29, 0.717) is 0 Å². The molecule has 1 aliphatic carbocycles. The molecule has 7 rings (SSSR count). The minimum absolute atomic E-state index is 1.11. The third kappa shape index (κ3) is 2.83. The summed E-state index contributed by atoms with van der Waals surface area (Å²) in [5.41, 5.74) is 5.39. The lowest BCUT2D eigenvalue weighted by Crippen LogP contribution is -1.94. The Kier molecular flexibility index (Phi) is 4.25. The van der Waals surface area contributed by atoms with Crippen LogP contribution in [0.4, 0.5) is 0 Å². The van der Waals surface area contributed by atoms with Crippen molar-refractivity contribution in [2.75, 3.05) is 0 Å². The second-order valence-electron chi connectivity index (χ2n) is 8.76. The third-order valence-electron chi connectivity index (χ3n) is 6.89. The molecular formula is C32H22S. The summed E-state index contributed by atoms with van der Waals surface area (Å²) in [6.45, 7) is 0. The number of allylic oxidation sites excluding steroid dienone is 4. The van der Waals surface area contributed by atoms with Crippen LogP contribution in [0.2, 0.25) is 0 Å². The van der Waals surface area contributed by atoms with Gasteiger partial charge in [-0.3, -0.25) is 0 Å². The molecule has 0 amide bonds. The van der Waals surface area contributed by atoms with E-state index in [9.17, 15) is 0 Å². The van der Waals surface area contributed by atoms with E-state index in [4.69, 9.17) is 0 Å². The SMILES string of the molecule is C1=CC(c2c3ccccc3c(-c3cccc4sc5ccccc5c34)c3ccccc23)=CCC1. The summed E-state index contributed by atoms with van der Waals surface area (Å²) in [5, 5.41) is 8.05. The Labute approximate surface area is 197 Å². The van der Waals surface area contributed by atoms with Gasteiger partial charge in [-0.25, -0.2) is 0 Å². The van der Waals surface area contributed by atoms with Crippen LogP contribution in [0.5, 0.6) is 0 Å². The summed E-state index contributed by atoms with van der Waals surface area (Å²) in [6.07, 6.45) is 9.26. The highest BCUT2D eigenvalue weighted by molar-refractivity contribution is 7.25. The zero-order chi connectivity index (χ0) is 21.8. The Balaban J connectivity index is 1.69. The lowest BCUT2D eigenvalue weighted by molar-refractivity contribution is 1.04. The molecule has 6 aromatic rings. The van der Waals surface area contributed by atoms with Crippen LogP contribution in [0.3, 0.4) is 0 Å². The number of hydrogen-bond donors (Lipinski definition) is 0. The summed E-state index contributed by atoms with van der Waals surface area (Å²) in [4.78, 5) is 0. The van der Waals surface area contributed by atoms with Crippen molar-refractivity contribution in [3.8, 4) is 11.1 Å². The molecule has 1 heteroatoms. The molecule has 0 radical (unpaired) electrons. The first-order valence-corrected chi connectivity index (χ1v) is 12.4. The average molecular weight is 439 g/mol. The zero-order valence-corrected chi connectivity index (χ0v) is 19.0. The molecule has 1 aromatic heterocycles. The van der Waals surface area contributed by atoms with Gasteiger partial charge in [0.25, 0.3) is 0 Å². The maximum Gasteiger partial charge on any atom is 0.0361 e. The fraction of sp³-hybridized carbons (Fsp3) is 0.0625. The monoisotopic (exact) mass is 438 g/mol. The largest absolute Gasteiger partial charge is 0.135 e. The van der Waals surface area contributed by atoms with Crippen LogP contribution in [0.15, 0.2) is 109 Å². The van der Waals surface area contributed by atoms with Gasteiger partial charge in [0.05, 0.1) is 0 Å². The minimum atomic E-state index is 1.11. The maximum absolute atomic E-state index is 2.40. The van der Waals surface area contributed by atoms with Crippen molar-refractivity contribution in [2.24, 2.45) is 0 Å². The second-order valence-corrected chi connectivity index (χ2v) is 9.84. The average Bonchev–Trinajstić information content (AvgIpc) is 3.27. The highest BCUT2D eigenvalue weighted by Gasteiger charge is 2.19. The van der Waals surface area contributed by atoms with E-state index in [2.05, 4.69) is 109 Å². The van der Waals surface area contributed by atoms with Gasteiger partial charge in [-0.05, 0) is 68.8 Å². The lowest BCUT2D eigenvalue weighted by atomic mass is 9.84. The third-order valence-corrected chi connectivity index (χ3v) is 8.02. The van der Waals surface area contributed by atoms with Crippen LogP contribution >= 0.6 is 11.3 Å². The number of benzene rings is 5. The molecule has 0 aliphatic heterocycles. The lowest BCUT2D eigenvalue weighted by Gasteiger charge is -2.19. The van der Waals surface area contributed by atoms with Crippen LogP contribution in [0.1, 0.15) is 18.4 Å². The van der Waals surface area contributed by atoms with Gasteiger partial charge in [-0.2, -0.15) is 0 Å². The van der Waals surface area contributed by atoms with Crippen molar-refractivity contribution in [3.05, 3.63) is 115 Å². The van der Waals surface area contributed by atoms with Crippen LogP contribution in [-0.2, 0) is 0 Å². The minimum Gasteiger partial charge on any atom is -0.135 e. The van der Waals surface area contributed by atoms with Crippen molar-refractivity contribution in [1.82, 2.24) is 0 Å². The van der Waals surface area contributed by atoms with E-state index < -0.39 is 0 Å². The fourth-order valence-electron chi connectivity index (χ4n) is 5.51. The second kappa shape index (κ2) is 7.43. The molecule has 0 N–H and O–H groups in total. The summed E-state index contributed by atoms with van der Waals surface area (Å²) >= 11 is 1.89. The molecule has 0 nitrogen and oxygen atoms in total. The highest BCUT2D eigenvalue weighted by atomic mass is 32.1. The van der Waals surface area contributed by atoms with E-state index >= 15 is 0 Å². The molecule has 1 heterocycles. The highest BCUT2D eigenvalue weighted by Crippen LogP contribution is 2.47. The molecule has 33 heavy (non-hydrogen) atoms. The Bertz CT molecular complexity index is 1700. The van der Waals surface area contributed by atoms with Gasteiger partial charge < -0.3 is 0 Å². The van der Waals surface area contributed by atoms with Gasteiger partial charge in [0.1, 0.15) is 0 Å². The molecule has 156 valence electrons. The number of rotatable bonds is 2. The van der Waals surface area contributed by atoms with Crippen LogP contribution in [-0.4, -0.2) is 0 Å². The van der Waals surface area contributed by atoms with Crippen molar-refractivity contribution in [1.29, 1.82) is 0 Å². The van der Waals surface area contributed by atoms with Crippen molar-refractivity contribution < 1.29 is 0 Å². The van der Waals surface area contributed by atoms with Crippen LogP contribution in [0, 0.1) is 0 Å². The van der Waals surface area contributed by atoms with Crippen LogP contribution < -0.4 is 0 Å². The Hall–Kier alpha value is -3.68. The maximum atomic E-state index is 2.40. The summed E-state index contributed by atoms with van der Waals surface area (Å²) in [6, 6.07) is 33.5. The molecule has 0 saturated carbocycles. The summed E-state index contributed by atoms with van der Waals surface area (Å²) < 4.78 is 2.70. The number of thiophene rings is 1. The molecule has 0 atom stereocenters. The molecular weight excluding hydrogens is 416 g/mol. The predicted molar refractivity (Wildman–Crippen MR) is 146 cm³/mol. The first kappa shape index (κ1) is 18.8. The van der Waals surface area contributed by atoms with Gasteiger partial charge in [0.15, 0.2) is 0 Å². The molecule has 0 unspecified atom stereocenters. The fourth-order valence-corrected chi connectivity index (χ4v) is 6.64. The topological polar surface area (TPSA) is 0 Å². The Morgan fingerprint density at radius 2 is 1.12 bits per heavy atom. The van der Waals surface area contributed by atoms with Gasteiger partial charge in [-0.1, -0.05) is 97.1 Å². The quantitative estimate of drug-likeness (QED) is 0.236. The zero-order valence-electron chi connectivity index (χ0n) is 18.2. The molecule has 0 fully saturated rings. The van der Waals surface area contributed by atoms with Gasteiger partial charge in [0.2, 0.25) is 0 Å². The molecule has 0 spiro atoms. The molecule has 1 aliphatic rings. The number of fused-ring (bicyclic) bond motifs is 5. The van der Waals surface area contributed by atoms with E-state index in [-0.39, 0.29) is 0 Å². The van der Waals surface area contributed by atoms with Crippen LogP contribution in [0.25, 0.3) is 58.4 Å². The standard InChI is InChI=1S/C32H22S/c1-2-11-21(12-3-1)30-22-13-4-6-15-24(22)31(25-16-7-5-14-23(25)30)27-18-10-20-29-32(27)26-17-8-9-19-28(26)33-29/h2,4-20H,1,3H2. The summed E-state index contributed by atoms with van der Waals surface area (Å²) in [7, 11) is 0. The first-order valence-electron chi connectivity index (χ1n) is 11.6. The normalized spacial score (nSPS) is 13.9. The number of hydrogen-bond acceptors (Lipinski definition) is 1.